The summed E-state index contributed by atoms with van der Waals surface area (Å²) in [4.78, 5) is 38.6. The molecule has 0 aromatic heterocycles. The van der Waals surface area contributed by atoms with Crippen LogP contribution >= 0.6 is 12.2 Å². The van der Waals surface area contributed by atoms with E-state index in [9.17, 15) is 14.4 Å². The molecule has 0 atom stereocenters. The third-order valence-electron chi connectivity index (χ3n) is 4.72. The topological polar surface area (TPSA) is 94.2 Å². The third-order valence-corrected chi connectivity index (χ3v) is 5.00. The lowest BCUT2D eigenvalue weighted by Crippen LogP contribution is -2.54. The van der Waals surface area contributed by atoms with Gasteiger partial charge in [0.05, 0.1) is 19.4 Å². The minimum Gasteiger partial charge on any atom is -0.493 e. The van der Waals surface area contributed by atoms with E-state index in [1.165, 1.54) is 18.1 Å². The highest BCUT2D eigenvalue weighted by Crippen LogP contribution is 2.30. The Labute approximate surface area is 197 Å². The van der Waals surface area contributed by atoms with Crippen LogP contribution in [0, 0.1) is 13.8 Å². The molecule has 1 aliphatic rings. The van der Waals surface area contributed by atoms with E-state index in [0.717, 1.165) is 11.1 Å². The third kappa shape index (κ3) is 5.56. The fourth-order valence-corrected chi connectivity index (χ4v) is 3.65. The van der Waals surface area contributed by atoms with Crippen LogP contribution in [0.4, 0.5) is 5.69 Å². The van der Waals surface area contributed by atoms with E-state index in [2.05, 4.69) is 5.32 Å². The minimum atomic E-state index is -0.591. The molecule has 1 N–H and O–H groups in total. The van der Waals surface area contributed by atoms with Gasteiger partial charge in [-0.25, -0.2) is 4.79 Å². The van der Waals surface area contributed by atoms with Crippen molar-refractivity contribution in [1.29, 1.82) is 0 Å². The van der Waals surface area contributed by atoms with E-state index in [0.29, 0.717) is 22.7 Å². The first-order chi connectivity index (χ1) is 15.7. The molecular weight excluding hydrogens is 444 g/mol. The molecule has 9 heteroatoms. The number of benzene rings is 2. The molecule has 2 aromatic carbocycles. The van der Waals surface area contributed by atoms with Crippen molar-refractivity contribution in [3.8, 4) is 11.5 Å². The zero-order chi connectivity index (χ0) is 24.1. The summed E-state index contributed by atoms with van der Waals surface area (Å²) in [5, 5.41) is 2.59. The number of esters is 1. The van der Waals surface area contributed by atoms with Crippen molar-refractivity contribution in [1.82, 2.24) is 5.32 Å². The van der Waals surface area contributed by atoms with Gasteiger partial charge in [0.1, 0.15) is 5.57 Å². The fourth-order valence-electron chi connectivity index (χ4n) is 3.37. The molecule has 1 fully saturated rings. The monoisotopic (exact) mass is 468 g/mol. The van der Waals surface area contributed by atoms with Gasteiger partial charge in [0.25, 0.3) is 11.8 Å². The summed E-state index contributed by atoms with van der Waals surface area (Å²) in [6, 6.07) is 10.5. The molecule has 0 saturated carbocycles. The number of thiocarbonyl (C=S) groups is 1. The van der Waals surface area contributed by atoms with Gasteiger partial charge in [0, 0.05) is 0 Å². The molecule has 172 valence electrons. The highest BCUT2D eigenvalue weighted by molar-refractivity contribution is 7.80. The molecule has 1 heterocycles. The van der Waals surface area contributed by atoms with Crippen LogP contribution in [0.1, 0.15) is 23.6 Å². The first-order valence-electron chi connectivity index (χ1n) is 10.2. The second-order valence-electron chi connectivity index (χ2n) is 7.31. The summed E-state index contributed by atoms with van der Waals surface area (Å²) in [5.74, 6) is -0.968. The lowest BCUT2D eigenvalue weighted by Gasteiger charge is -2.29. The number of nitrogens with one attached hydrogen (secondary N) is 1. The molecule has 1 aliphatic heterocycles. The van der Waals surface area contributed by atoms with Gasteiger partial charge in [-0.15, -0.1) is 0 Å². The molecular formula is C24H24N2O6S. The van der Waals surface area contributed by atoms with Crippen LogP contribution < -0.4 is 19.7 Å². The Balaban J connectivity index is 1.90. The fraction of sp³-hybridized carbons (Fsp3) is 0.250. The zero-order valence-corrected chi connectivity index (χ0v) is 19.6. The van der Waals surface area contributed by atoms with Crippen molar-refractivity contribution in [2.75, 3.05) is 25.2 Å². The molecule has 8 nitrogen and oxygen atoms in total. The van der Waals surface area contributed by atoms with Crippen LogP contribution in [-0.4, -0.2) is 43.2 Å². The van der Waals surface area contributed by atoms with E-state index in [1.54, 1.807) is 25.1 Å². The molecule has 0 radical (unpaired) electrons. The largest absolute Gasteiger partial charge is 0.493 e. The van der Waals surface area contributed by atoms with Gasteiger partial charge in [-0.3, -0.25) is 19.8 Å². The Morgan fingerprint density at radius 2 is 1.79 bits per heavy atom. The molecule has 0 spiro atoms. The number of nitrogens with zero attached hydrogens (tertiary/aromatic N) is 1. The standard InChI is InChI=1S/C24H24N2O6S/c1-5-31-21(27)13-32-19-7-6-16(12-20(19)30-4)11-18-22(28)25-24(33)26(23(18)29)17-9-14(2)8-15(3)10-17/h6-12H,5,13H2,1-4H3,(H,25,28,33)/b18-11+. The van der Waals surface area contributed by atoms with Crippen molar-refractivity contribution in [3.63, 3.8) is 0 Å². The molecule has 2 aromatic rings. The maximum absolute atomic E-state index is 13.2. The van der Waals surface area contributed by atoms with Gasteiger partial charge < -0.3 is 14.2 Å². The molecule has 3 rings (SSSR count). The molecule has 0 aliphatic carbocycles. The number of aryl methyl sites for hydroxylation is 2. The molecule has 33 heavy (non-hydrogen) atoms. The van der Waals surface area contributed by atoms with Gasteiger partial charge in [-0.1, -0.05) is 12.1 Å². The SMILES string of the molecule is CCOC(=O)COc1ccc(/C=C2\C(=O)NC(=S)N(c3cc(C)cc(C)c3)C2=O)cc1OC. The van der Waals surface area contributed by atoms with Gasteiger partial charge in [-0.2, -0.15) is 0 Å². The van der Waals surface area contributed by atoms with Crippen LogP contribution in [0.3, 0.4) is 0 Å². The molecule has 0 bridgehead atoms. The first kappa shape index (κ1) is 23.9. The summed E-state index contributed by atoms with van der Waals surface area (Å²) >= 11 is 5.26. The maximum atomic E-state index is 13.2. The van der Waals surface area contributed by atoms with Crippen molar-refractivity contribution >= 4 is 46.9 Å². The average Bonchev–Trinajstić information content (AvgIpc) is 2.75. The number of amides is 2. The van der Waals surface area contributed by atoms with Crippen LogP contribution in [0.15, 0.2) is 42.0 Å². The van der Waals surface area contributed by atoms with Crippen molar-refractivity contribution in [2.24, 2.45) is 0 Å². The molecule has 1 saturated heterocycles. The highest BCUT2D eigenvalue weighted by atomic mass is 32.1. The Morgan fingerprint density at radius 1 is 1.09 bits per heavy atom. The maximum Gasteiger partial charge on any atom is 0.344 e. The normalized spacial score (nSPS) is 14.8. The van der Waals surface area contributed by atoms with Crippen LogP contribution in [0.2, 0.25) is 0 Å². The number of hydrogen-bond donors (Lipinski definition) is 1. The Bertz CT molecular complexity index is 1140. The average molecular weight is 469 g/mol. The van der Waals surface area contributed by atoms with Crippen molar-refractivity contribution in [2.45, 2.75) is 20.8 Å². The smallest absolute Gasteiger partial charge is 0.344 e. The van der Waals surface area contributed by atoms with E-state index in [-0.39, 0.29) is 23.9 Å². The number of rotatable bonds is 7. The predicted octanol–water partition coefficient (Wildman–Crippen LogP) is 3.09. The minimum absolute atomic E-state index is 0.0208. The Morgan fingerprint density at radius 3 is 2.42 bits per heavy atom. The van der Waals surface area contributed by atoms with Crippen LogP contribution in [-0.2, 0) is 19.1 Å². The number of hydrogen-bond acceptors (Lipinski definition) is 7. The zero-order valence-electron chi connectivity index (χ0n) is 18.8. The lowest BCUT2D eigenvalue weighted by molar-refractivity contribution is -0.145. The number of anilines is 1. The van der Waals surface area contributed by atoms with E-state index in [4.69, 9.17) is 26.4 Å². The van der Waals surface area contributed by atoms with Gasteiger partial charge >= 0.3 is 5.97 Å². The number of methoxy groups -OCH3 is 1. The number of carbonyl (C=O) groups excluding carboxylic acids is 3. The second kappa shape index (κ2) is 10.3. The quantitative estimate of drug-likeness (QED) is 0.289. The molecule has 0 unspecified atom stereocenters. The summed E-state index contributed by atoms with van der Waals surface area (Å²) < 4.78 is 15.6. The predicted molar refractivity (Wildman–Crippen MR) is 127 cm³/mol. The van der Waals surface area contributed by atoms with E-state index in [1.807, 2.05) is 32.0 Å². The summed E-state index contributed by atoms with van der Waals surface area (Å²) in [5.41, 5.74) is 2.96. The summed E-state index contributed by atoms with van der Waals surface area (Å²) in [6.07, 6.45) is 1.45. The van der Waals surface area contributed by atoms with Crippen LogP contribution in [0.25, 0.3) is 6.08 Å². The first-order valence-corrected chi connectivity index (χ1v) is 10.6. The summed E-state index contributed by atoms with van der Waals surface area (Å²) in [6.45, 7) is 5.53. The lowest BCUT2D eigenvalue weighted by atomic mass is 10.1. The molecule has 2 amide bonds. The van der Waals surface area contributed by atoms with Gasteiger partial charge in [0.15, 0.2) is 23.2 Å². The number of carbonyl (C=O) groups is 3. The Hall–Kier alpha value is -3.72. The van der Waals surface area contributed by atoms with Gasteiger partial charge in [0.2, 0.25) is 0 Å². The second-order valence-corrected chi connectivity index (χ2v) is 7.69. The van der Waals surface area contributed by atoms with E-state index >= 15 is 0 Å². The van der Waals surface area contributed by atoms with Crippen molar-refractivity contribution < 1.29 is 28.6 Å². The van der Waals surface area contributed by atoms with Crippen molar-refractivity contribution in [3.05, 3.63) is 58.7 Å². The van der Waals surface area contributed by atoms with E-state index < -0.39 is 17.8 Å². The van der Waals surface area contributed by atoms with Gasteiger partial charge in [-0.05, 0) is 80.0 Å². The summed E-state index contributed by atoms with van der Waals surface area (Å²) in [7, 11) is 1.45. The number of ether oxygens (including phenoxy) is 3. The van der Waals surface area contributed by atoms with Crippen LogP contribution in [0.5, 0.6) is 11.5 Å². The highest BCUT2D eigenvalue weighted by Gasteiger charge is 2.34. The Kier molecular flexibility index (Phi) is 7.44.